The lowest BCUT2D eigenvalue weighted by Crippen LogP contribution is -2.37. The first kappa shape index (κ1) is 22.0. The second-order valence-corrected chi connectivity index (χ2v) is 9.80. The van der Waals surface area contributed by atoms with Crippen molar-refractivity contribution >= 4 is 23.5 Å². The van der Waals surface area contributed by atoms with E-state index >= 15 is 0 Å². The predicted octanol–water partition coefficient (Wildman–Crippen LogP) is 4.39. The van der Waals surface area contributed by atoms with Crippen LogP contribution in [-0.4, -0.2) is 17.4 Å². The molecular formula is C25H25N3O3S. The molecule has 1 atom stereocenters. The number of nitrogens with one attached hydrogen (secondary N) is 2. The zero-order valence-electron chi connectivity index (χ0n) is 18.1. The molecule has 1 aromatic heterocycles. The van der Waals surface area contributed by atoms with E-state index in [9.17, 15) is 14.9 Å². The van der Waals surface area contributed by atoms with E-state index in [1.54, 1.807) is 18.4 Å². The lowest BCUT2D eigenvalue weighted by atomic mass is 9.70. The van der Waals surface area contributed by atoms with Crippen molar-refractivity contribution in [1.82, 2.24) is 10.6 Å². The van der Waals surface area contributed by atoms with Crippen LogP contribution in [0.1, 0.15) is 43.9 Å². The third kappa shape index (κ3) is 4.66. The highest BCUT2D eigenvalue weighted by molar-refractivity contribution is 8.03. The number of nitriles is 1. The standard InChI is InChI=1S/C25H25N3O3S/c1-25(2)11-18-23(19(29)12-25)22(20-9-6-10-31-20)17(13-26)24(28-18)32-15-21(30)27-14-16-7-4-3-5-8-16/h3-10,22,28H,11-12,14-15H2,1-2H3,(H,27,30). The van der Waals surface area contributed by atoms with Crippen molar-refractivity contribution in [3.8, 4) is 6.07 Å². The molecule has 2 aliphatic rings. The normalized spacial score (nSPS) is 19.8. The number of benzene rings is 1. The molecule has 2 heterocycles. The molecule has 1 aromatic carbocycles. The highest BCUT2D eigenvalue weighted by atomic mass is 32.2. The van der Waals surface area contributed by atoms with Gasteiger partial charge < -0.3 is 15.1 Å². The molecule has 0 radical (unpaired) electrons. The summed E-state index contributed by atoms with van der Waals surface area (Å²) in [7, 11) is 0. The van der Waals surface area contributed by atoms with Crippen molar-refractivity contribution < 1.29 is 14.0 Å². The number of thioether (sulfide) groups is 1. The Balaban J connectivity index is 1.56. The van der Waals surface area contributed by atoms with Crippen molar-refractivity contribution in [3.63, 3.8) is 0 Å². The maximum Gasteiger partial charge on any atom is 0.230 e. The molecule has 0 saturated carbocycles. The van der Waals surface area contributed by atoms with Crippen molar-refractivity contribution in [2.24, 2.45) is 5.41 Å². The number of furan rings is 1. The van der Waals surface area contributed by atoms with Gasteiger partial charge >= 0.3 is 0 Å². The molecule has 32 heavy (non-hydrogen) atoms. The molecule has 2 aromatic rings. The van der Waals surface area contributed by atoms with Gasteiger partial charge in [-0.05, 0) is 29.5 Å². The molecule has 2 N–H and O–H groups in total. The minimum atomic E-state index is -0.551. The van der Waals surface area contributed by atoms with Gasteiger partial charge in [0.15, 0.2) is 5.78 Å². The van der Waals surface area contributed by atoms with Gasteiger partial charge in [-0.15, -0.1) is 0 Å². The quantitative estimate of drug-likeness (QED) is 0.682. The number of rotatable bonds is 6. The van der Waals surface area contributed by atoms with Crippen molar-refractivity contribution in [3.05, 3.63) is 81.9 Å². The number of hydrogen-bond acceptors (Lipinski definition) is 6. The third-order valence-corrected chi connectivity index (χ3v) is 6.65. The van der Waals surface area contributed by atoms with Crippen LogP contribution >= 0.6 is 11.8 Å². The van der Waals surface area contributed by atoms with E-state index in [1.807, 2.05) is 30.3 Å². The Bertz CT molecular complexity index is 1120. The number of nitrogens with zero attached hydrogens (tertiary/aromatic N) is 1. The summed E-state index contributed by atoms with van der Waals surface area (Å²) < 4.78 is 5.63. The van der Waals surface area contributed by atoms with E-state index < -0.39 is 5.92 Å². The van der Waals surface area contributed by atoms with E-state index in [0.717, 1.165) is 11.3 Å². The second-order valence-electron chi connectivity index (χ2n) is 8.81. The van der Waals surface area contributed by atoms with E-state index in [4.69, 9.17) is 4.42 Å². The lowest BCUT2D eigenvalue weighted by Gasteiger charge is -2.38. The fraction of sp³-hybridized carbons (Fsp3) is 0.320. The van der Waals surface area contributed by atoms with E-state index in [1.165, 1.54) is 11.8 Å². The van der Waals surface area contributed by atoms with Gasteiger partial charge in [-0.1, -0.05) is 55.9 Å². The maximum atomic E-state index is 13.1. The molecule has 6 nitrogen and oxygen atoms in total. The zero-order chi connectivity index (χ0) is 22.7. The first-order chi connectivity index (χ1) is 15.4. The van der Waals surface area contributed by atoms with Crippen LogP contribution in [0.3, 0.4) is 0 Å². The van der Waals surface area contributed by atoms with Crippen LogP contribution in [-0.2, 0) is 16.1 Å². The van der Waals surface area contributed by atoms with Gasteiger partial charge in [0.05, 0.1) is 34.6 Å². The second kappa shape index (κ2) is 9.09. The summed E-state index contributed by atoms with van der Waals surface area (Å²) in [6.07, 6.45) is 2.66. The fourth-order valence-electron chi connectivity index (χ4n) is 4.22. The van der Waals surface area contributed by atoms with Crippen molar-refractivity contribution in [1.29, 1.82) is 5.26 Å². The van der Waals surface area contributed by atoms with Crippen LogP contribution in [0.15, 0.2) is 75.0 Å². The molecule has 1 aliphatic heterocycles. The van der Waals surface area contributed by atoms with Crippen molar-refractivity contribution in [2.75, 3.05) is 5.75 Å². The molecule has 1 aliphatic carbocycles. The maximum absolute atomic E-state index is 13.1. The predicted molar refractivity (Wildman–Crippen MR) is 123 cm³/mol. The van der Waals surface area contributed by atoms with E-state index in [-0.39, 0.29) is 22.9 Å². The Hall–Kier alpha value is -3.24. The van der Waals surface area contributed by atoms with Crippen LogP contribution in [0.25, 0.3) is 0 Å². The third-order valence-electron chi connectivity index (χ3n) is 5.63. The summed E-state index contributed by atoms with van der Waals surface area (Å²) in [5, 5.41) is 16.8. The number of Topliss-reactive ketones (excluding diaryl/α,β-unsaturated/α-hetero) is 1. The Kier molecular flexibility index (Phi) is 6.24. The molecule has 4 rings (SSSR count). The van der Waals surface area contributed by atoms with Crippen LogP contribution in [0, 0.1) is 16.7 Å². The SMILES string of the molecule is CC1(C)CC(=O)C2=C(C1)NC(SCC(=O)NCc1ccccc1)=C(C#N)C2c1ccco1. The fourth-order valence-corrected chi connectivity index (χ4v) is 5.11. The van der Waals surface area contributed by atoms with Crippen LogP contribution in [0.5, 0.6) is 0 Å². The van der Waals surface area contributed by atoms with Crippen LogP contribution < -0.4 is 10.6 Å². The Morgan fingerprint density at radius 1 is 1.25 bits per heavy atom. The lowest BCUT2D eigenvalue weighted by molar-refractivity contribution is -0.119. The molecule has 0 bridgehead atoms. The number of hydrogen-bond donors (Lipinski definition) is 2. The number of dihydropyridines is 1. The number of amides is 1. The van der Waals surface area contributed by atoms with Crippen LogP contribution in [0.2, 0.25) is 0 Å². The summed E-state index contributed by atoms with van der Waals surface area (Å²) in [6, 6.07) is 15.5. The summed E-state index contributed by atoms with van der Waals surface area (Å²) in [4.78, 5) is 25.5. The molecule has 0 saturated heterocycles. The van der Waals surface area contributed by atoms with E-state index in [2.05, 4.69) is 30.6 Å². The molecular weight excluding hydrogens is 422 g/mol. The van der Waals surface area contributed by atoms with Gasteiger partial charge in [0.1, 0.15) is 5.76 Å². The minimum Gasteiger partial charge on any atom is -0.468 e. The molecule has 0 fully saturated rings. The highest BCUT2D eigenvalue weighted by Crippen LogP contribution is 2.47. The molecule has 7 heteroatoms. The molecule has 1 amide bonds. The Labute approximate surface area is 191 Å². The first-order valence-corrected chi connectivity index (χ1v) is 11.5. The van der Waals surface area contributed by atoms with Gasteiger partial charge in [-0.2, -0.15) is 5.26 Å². The number of carbonyl (C=O) groups is 2. The van der Waals surface area contributed by atoms with Gasteiger partial charge in [-0.3, -0.25) is 9.59 Å². The molecule has 1 unspecified atom stereocenters. The number of ketones is 1. The largest absolute Gasteiger partial charge is 0.468 e. The van der Waals surface area contributed by atoms with Gasteiger partial charge in [0.2, 0.25) is 5.91 Å². The molecule has 0 spiro atoms. The van der Waals surface area contributed by atoms with Gasteiger partial charge in [-0.25, -0.2) is 0 Å². The number of carbonyl (C=O) groups excluding carboxylic acids is 2. The monoisotopic (exact) mass is 447 g/mol. The Morgan fingerprint density at radius 2 is 2.03 bits per heavy atom. The average molecular weight is 448 g/mol. The summed E-state index contributed by atoms with van der Waals surface area (Å²) in [5.41, 5.74) is 2.68. The summed E-state index contributed by atoms with van der Waals surface area (Å²) in [6.45, 7) is 4.57. The highest BCUT2D eigenvalue weighted by Gasteiger charge is 2.42. The number of allylic oxidation sites excluding steroid dienone is 3. The Morgan fingerprint density at radius 3 is 2.72 bits per heavy atom. The topological polar surface area (TPSA) is 95.1 Å². The van der Waals surface area contributed by atoms with E-state index in [0.29, 0.717) is 41.3 Å². The average Bonchev–Trinajstić information content (AvgIpc) is 3.29. The summed E-state index contributed by atoms with van der Waals surface area (Å²) in [5.74, 6) is 0.0767. The van der Waals surface area contributed by atoms with Crippen molar-refractivity contribution in [2.45, 2.75) is 39.2 Å². The first-order valence-electron chi connectivity index (χ1n) is 10.5. The summed E-state index contributed by atoms with van der Waals surface area (Å²) >= 11 is 1.28. The minimum absolute atomic E-state index is 0.0301. The zero-order valence-corrected chi connectivity index (χ0v) is 18.9. The smallest absolute Gasteiger partial charge is 0.230 e. The molecule has 164 valence electrons. The van der Waals surface area contributed by atoms with Gasteiger partial charge in [0.25, 0.3) is 0 Å². The van der Waals surface area contributed by atoms with Crippen LogP contribution in [0.4, 0.5) is 0 Å². The van der Waals surface area contributed by atoms with Gasteiger partial charge in [0, 0.05) is 24.2 Å².